The van der Waals surface area contributed by atoms with E-state index < -0.39 is 101 Å². The Kier molecular flexibility index (Phi) is 41.2. The van der Waals surface area contributed by atoms with Crippen LogP contribution in [0.1, 0.15) is 252 Å². The lowest BCUT2D eigenvalue weighted by Gasteiger charge is -2.36. The van der Waals surface area contributed by atoms with E-state index in [1.165, 1.54) is 24.3 Å². The number of nitrogens with one attached hydrogen (secondary N) is 8. The highest BCUT2D eigenvalue weighted by Gasteiger charge is 2.45. The van der Waals surface area contributed by atoms with Crippen molar-refractivity contribution in [2.75, 3.05) is 117 Å². The van der Waals surface area contributed by atoms with Gasteiger partial charge in [-0.15, -0.1) is 0 Å². The van der Waals surface area contributed by atoms with Gasteiger partial charge < -0.3 is 85.9 Å². The lowest BCUT2D eigenvalue weighted by atomic mass is 9.81. The predicted octanol–water partition coefficient (Wildman–Crippen LogP) is 7.66. The molecule has 130 heavy (non-hydrogen) atoms. The van der Waals surface area contributed by atoms with E-state index in [4.69, 9.17) is 43.4 Å². The summed E-state index contributed by atoms with van der Waals surface area (Å²) in [6.45, 7) is 7.74. The molecule has 6 aliphatic heterocycles. The number of amides is 8. The summed E-state index contributed by atoms with van der Waals surface area (Å²) >= 11 is 3.76. The number of ether oxygens (including phenoxy) is 6. The fraction of sp³-hybridized carbons (Fsp3) is 0.724. The maximum absolute atomic E-state index is 14.9. The smallest absolute Gasteiger partial charge is 0.306 e. The number of carboxylic acid groups (broad SMARTS) is 1. The third-order valence-electron chi connectivity index (χ3n) is 24.4. The average Bonchev–Trinajstić information content (AvgIpc) is 0.913. The van der Waals surface area contributed by atoms with E-state index >= 15 is 0 Å². The number of rotatable bonds is 57. The molecular formula is C87H133N13O25S5. The molecule has 7 heterocycles. The first-order valence-corrected chi connectivity index (χ1v) is 53.3. The molecule has 7 fully saturated rings. The Bertz CT molecular complexity index is 4630. The highest BCUT2D eigenvalue weighted by Crippen LogP contribution is 2.44. The third-order valence-corrected chi connectivity index (χ3v) is 30.0. The molecule has 3 unspecified atom stereocenters. The molecule has 0 spiro atoms. The van der Waals surface area contributed by atoms with E-state index in [0.717, 1.165) is 37.2 Å². The molecule has 1 saturated carbocycles. The second-order valence-corrected chi connectivity index (χ2v) is 42.0. The Morgan fingerprint density at radius 2 is 0.862 bits per heavy atom. The molecule has 6 saturated heterocycles. The Labute approximate surface area is 770 Å². The van der Waals surface area contributed by atoms with Crippen LogP contribution < -0.4 is 80.8 Å². The van der Waals surface area contributed by atoms with Crippen molar-refractivity contribution in [2.24, 2.45) is 17.8 Å². The molecule has 1 aromatic heterocycles. The van der Waals surface area contributed by atoms with Gasteiger partial charge in [0.1, 0.15) is 17.9 Å². The zero-order valence-electron chi connectivity index (χ0n) is 74.8. The molecule has 2 aromatic carbocycles. The predicted molar refractivity (Wildman–Crippen MR) is 489 cm³/mol. The summed E-state index contributed by atoms with van der Waals surface area (Å²) in [4.78, 5) is 141. The first kappa shape index (κ1) is 104. The van der Waals surface area contributed by atoms with Gasteiger partial charge in [0.05, 0.1) is 62.8 Å². The number of hydrogen-bond acceptors (Lipinski definition) is 28. The Balaban J connectivity index is 0.811. The number of carboxylic acids is 1. The number of hydrogen-bond donors (Lipinski definition) is 12. The van der Waals surface area contributed by atoms with Crippen LogP contribution >= 0.6 is 23.5 Å². The zero-order valence-corrected chi connectivity index (χ0v) is 78.9. The van der Waals surface area contributed by atoms with Crippen molar-refractivity contribution in [2.45, 2.75) is 272 Å². The summed E-state index contributed by atoms with van der Waals surface area (Å²) in [7, 11) is -13.1. The van der Waals surface area contributed by atoms with E-state index in [1.807, 2.05) is 54.1 Å². The largest absolute Gasteiger partial charge is 0.490 e. The maximum Gasteiger partial charge on any atom is 0.306 e. The third kappa shape index (κ3) is 33.9. The normalized spacial score (nSPS) is 21.1. The number of carbonyl (C=O) groups is 9. The van der Waals surface area contributed by atoms with Gasteiger partial charge in [0.25, 0.3) is 42.2 Å². The van der Waals surface area contributed by atoms with E-state index in [9.17, 15) is 87.2 Å². The van der Waals surface area contributed by atoms with Gasteiger partial charge in [-0.2, -0.15) is 63.7 Å². The molecule has 8 amide bonds. The van der Waals surface area contributed by atoms with Gasteiger partial charge in [-0.1, -0.05) is 40.0 Å². The van der Waals surface area contributed by atoms with Crippen LogP contribution in [0.2, 0.25) is 0 Å². The van der Waals surface area contributed by atoms with Crippen molar-refractivity contribution >= 4 is 119 Å². The lowest BCUT2D eigenvalue weighted by Crippen LogP contribution is -2.52. The quantitative estimate of drug-likeness (QED) is 0.0190. The molecule has 7 aliphatic rings. The minimum atomic E-state index is -4.40. The summed E-state index contributed by atoms with van der Waals surface area (Å²) in [5, 5.41) is 35.2. The van der Waals surface area contributed by atoms with Crippen LogP contribution in [0.3, 0.4) is 0 Å². The lowest BCUT2D eigenvalue weighted by molar-refractivity contribution is -0.143. The van der Waals surface area contributed by atoms with Gasteiger partial charge in [0.15, 0.2) is 23.0 Å². The number of anilines is 2. The second-order valence-electron chi connectivity index (χ2n) is 34.8. The summed E-state index contributed by atoms with van der Waals surface area (Å²) < 4.78 is 135. The molecule has 726 valence electrons. The fourth-order valence-corrected chi connectivity index (χ4v) is 22.0. The highest BCUT2D eigenvalue weighted by molar-refractivity contribution is 8.00. The SMILES string of the molecule is CCCCOc1cc(C(=O)NC(CCCCNC(=O)CCCCC2SC[C@H]3CC(=O)N[C@@H]23)C(=O)NC2CCN(c3nc(C4CCC(C(=O)O)CC4)nc(N4CCC(NC(=O)C(CCCCNC(=O)CCCC[C@@H]5SC[C@@H]6CC(=O)N[C@@H]65)NC(=O)c5cc(OCCC)c(OCCC)c(OCCCS(=O)(=O)O)c5)CC4)n3)CC2)cc(OCCCS(=O)(=O)O)c1OCCCS(=O)(=O)O. The van der Waals surface area contributed by atoms with Gasteiger partial charge >= 0.3 is 5.97 Å². The minimum Gasteiger partial charge on any atom is -0.490 e. The van der Waals surface area contributed by atoms with Crippen LogP contribution in [-0.4, -0.2) is 267 Å². The Morgan fingerprint density at radius 1 is 0.477 bits per heavy atom. The van der Waals surface area contributed by atoms with Gasteiger partial charge in [-0.25, -0.2) is 0 Å². The summed E-state index contributed by atoms with van der Waals surface area (Å²) in [6, 6.07) is 2.94. The molecule has 0 bridgehead atoms. The van der Waals surface area contributed by atoms with E-state index in [2.05, 4.69) is 42.5 Å². The van der Waals surface area contributed by atoms with Crippen LogP contribution in [0, 0.1) is 17.8 Å². The molecule has 3 aromatic rings. The number of unbranched alkanes of at least 4 members (excludes halogenated alkanes) is 5. The Morgan fingerprint density at radius 3 is 1.25 bits per heavy atom. The molecule has 43 heteroatoms. The van der Waals surface area contributed by atoms with Crippen molar-refractivity contribution < 1.29 is 116 Å². The van der Waals surface area contributed by atoms with Crippen LogP contribution in [-0.2, 0) is 63.9 Å². The summed E-state index contributed by atoms with van der Waals surface area (Å²) in [5.41, 5.74) is 0.00358. The second kappa shape index (κ2) is 51.7. The molecule has 0 radical (unpaired) electrons. The zero-order chi connectivity index (χ0) is 93.3. The highest BCUT2D eigenvalue weighted by atomic mass is 32.2. The number of carbonyl (C=O) groups excluding carboxylic acids is 8. The summed E-state index contributed by atoms with van der Waals surface area (Å²) in [5.74, 6) is -1.62. The van der Waals surface area contributed by atoms with Crippen molar-refractivity contribution in [1.82, 2.24) is 57.5 Å². The summed E-state index contributed by atoms with van der Waals surface area (Å²) in [6.07, 6.45) is 14.2. The van der Waals surface area contributed by atoms with Crippen LogP contribution in [0.4, 0.5) is 11.9 Å². The van der Waals surface area contributed by atoms with Gasteiger partial charge in [-0.3, -0.25) is 56.8 Å². The minimum absolute atomic E-state index is 0.00726. The van der Waals surface area contributed by atoms with Gasteiger partial charge in [-0.05, 0) is 202 Å². The van der Waals surface area contributed by atoms with Crippen LogP contribution in [0.25, 0.3) is 0 Å². The number of nitrogens with zero attached hydrogens (tertiary/aromatic N) is 5. The molecule has 1 aliphatic carbocycles. The number of fused-ring (bicyclic) bond motifs is 2. The number of piperidine rings is 2. The van der Waals surface area contributed by atoms with Crippen molar-refractivity contribution in [3.05, 3.63) is 41.2 Å². The molecule has 12 N–H and O–H groups in total. The molecular weight excluding hydrogens is 1790 g/mol. The number of aromatic nitrogens is 3. The fourth-order valence-electron chi connectivity index (χ4n) is 17.3. The number of thioether (sulfide) groups is 2. The van der Waals surface area contributed by atoms with E-state index in [1.54, 1.807) is 0 Å². The average molecular weight is 1920 g/mol. The van der Waals surface area contributed by atoms with Crippen LogP contribution in [0.15, 0.2) is 24.3 Å². The standard InChI is InChI=1S/C87H133N13O25S5/c1-4-7-41-121-68-50-59(51-69(123-43-17-46-129(114,115)116)79(68)125-44-18-47-130(117,118)119)82(106)93-65(20-13-15-34-89-73(102)24-11-9-22-71-77-61(55-127-71)53-75(104)95-77)84(108)91-63-31-37-100(38-32-63)87-97-80(56-25-27-57(28-26-56)85(109)110)96-86(98-87)99-35-29-62(30-36-99)90-83(107)64(19-12-14-33-88-72(101)23-10-8-21-70-76-60(54-126-70)52-74(103)94-76)92-81(105)58-48-66(120-39-5-2)78(124-40-6-3)67(49-58)122-42-16-45-128(111,112)113/h48-51,56-57,60-65,70-71,76-77H,4-47,52-55H2,1-3H3,(H,88,101)(H,89,102)(H,90,107)(H,91,108)(H,92,105)(H,93,106)(H,94,103)(H,95,104)(H,109,110)(H,111,112,113)(H,114,115,116)(H,117,118,119)/t56?,57?,60-,61+,64?,65?,70-,71?,76-,77+/m0/s1. The molecule has 10 rings (SSSR count). The first-order chi connectivity index (χ1) is 62.3. The molecule has 38 nitrogen and oxygen atoms in total. The monoisotopic (exact) mass is 1920 g/mol. The van der Waals surface area contributed by atoms with Crippen LogP contribution in [0.5, 0.6) is 34.5 Å². The number of aliphatic carboxylic acids is 1. The molecule has 8 atom stereocenters. The van der Waals surface area contributed by atoms with E-state index in [0.29, 0.717) is 221 Å². The van der Waals surface area contributed by atoms with Crippen molar-refractivity contribution in [1.29, 1.82) is 0 Å². The maximum atomic E-state index is 14.9. The topological polar surface area (TPSA) is 534 Å². The Hall–Kier alpha value is -8.49. The van der Waals surface area contributed by atoms with Gasteiger partial charge in [0.2, 0.25) is 58.8 Å². The number of benzene rings is 2. The first-order valence-electron chi connectivity index (χ1n) is 46.3. The van der Waals surface area contributed by atoms with Gasteiger partial charge in [0, 0.05) is 117 Å². The van der Waals surface area contributed by atoms with E-state index in [-0.39, 0.29) is 165 Å². The van der Waals surface area contributed by atoms with Crippen molar-refractivity contribution in [3.63, 3.8) is 0 Å². The van der Waals surface area contributed by atoms with Crippen molar-refractivity contribution in [3.8, 4) is 34.5 Å².